The smallest absolute Gasteiger partial charge is 0.270 e. The van der Waals surface area contributed by atoms with Crippen molar-refractivity contribution in [1.29, 1.82) is 0 Å². The van der Waals surface area contributed by atoms with Crippen molar-refractivity contribution in [3.05, 3.63) is 69.9 Å². The van der Waals surface area contributed by atoms with Gasteiger partial charge in [0.05, 0.1) is 6.61 Å². The molecule has 1 unspecified atom stereocenters. The first-order valence-corrected chi connectivity index (χ1v) is 10.9. The Morgan fingerprint density at radius 2 is 1.80 bits per heavy atom. The minimum Gasteiger partial charge on any atom is -0.396 e. The van der Waals surface area contributed by atoms with Crippen molar-refractivity contribution in [2.45, 2.75) is 47.0 Å². The maximum absolute atomic E-state index is 13.5. The van der Waals surface area contributed by atoms with E-state index in [1.165, 1.54) is 16.7 Å². The van der Waals surface area contributed by atoms with Crippen LogP contribution in [0.15, 0.2) is 36.4 Å². The van der Waals surface area contributed by atoms with Crippen LogP contribution < -0.4 is 0 Å². The third kappa shape index (κ3) is 3.54. The van der Waals surface area contributed by atoms with Crippen molar-refractivity contribution in [1.82, 2.24) is 9.88 Å². The van der Waals surface area contributed by atoms with Crippen LogP contribution in [0.4, 0.5) is 0 Å². The highest BCUT2D eigenvalue weighted by atomic mass is 16.3. The molecule has 0 spiro atoms. The molecule has 158 valence electrons. The Balaban J connectivity index is 1.64. The fourth-order valence-corrected chi connectivity index (χ4v) is 5.09. The molecule has 3 aromatic rings. The summed E-state index contributed by atoms with van der Waals surface area (Å²) in [4.78, 5) is 18.9. The average Bonchev–Trinajstić information content (AvgIpc) is 3.10. The molecule has 1 aromatic heterocycles. The van der Waals surface area contributed by atoms with Gasteiger partial charge in [-0.2, -0.15) is 0 Å². The molecule has 1 aliphatic rings. The number of hydrogen-bond acceptors (Lipinski definition) is 2. The number of aliphatic hydroxyl groups is 1. The zero-order valence-electron chi connectivity index (χ0n) is 18.5. The second kappa shape index (κ2) is 7.92. The normalized spacial score (nSPS) is 19.4. The van der Waals surface area contributed by atoms with Gasteiger partial charge in [0.15, 0.2) is 0 Å². The van der Waals surface area contributed by atoms with Crippen LogP contribution in [0.25, 0.3) is 10.9 Å². The van der Waals surface area contributed by atoms with Crippen molar-refractivity contribution in [3.8, 4) is 0 Å². The monoisotopic (exact) mass is 404 g/mol. The van der Waals surface area contributed by atoms with Crippen LogP contribution in [0.5, 0.6) is 0 Å². The van der Waals surface area contributed by atoms with Gasteiger partial charge in [-0.1, -0.05) is 36.4 Å². The van der Waals surface area contributed by atoms with Gasteiger partial charge in [0.25, 0.3) is 5.91 Å². The first-order chi connectivity index (χ1) is 14.3. The van der Waals surface area contributed by atoms with Gasteiger partial charge in [-0.3, -0.25) is 4.79 Å². The Morgan fingerprint density at radius 1 is 1.07 bits per heavy atom. The second-order valence-corrected chi connectivity index (χ2v) is 9.17. The summed E-state index contributed by atoms with van der Waals surface area (Å²) in [7, 11) is 0. The summed E-state index contributed by atoms with van der Waals surface area (Å²) in [6.07, 6.45) is 2.64. The van der Waals surface area contributed by atoms with E-state index in [1.54, 1.807) is 0 Å². The maximum Gasteiger partial charge on any atom is 0.270 e. The second-order valence-electron chi connectivity index (χ2n) is 9.17. The lowest BCUT2D eigenvalue weighted by Crippen LogP contribution is -2.49. The van der Waals surface area contributed by atoms with Crippen LogP contribution in [-0.4, -0.2) is 40.6 Å². The van der Waals surface area contributed by atoms with Gasteiger partial charge >= 0.3 is 0 Å². The Hall–Kier alpha value is -2.59. The van der Waals surface area contributed by atoms with E-state index in [0.29, 0.717) is 12.2 Å². The molecule has 2 heterocycles. The number of amides is 1. The van der Waals surface area contributed by atoms with Crippen molar-refractivity contribution < 1.29 is 9.90 Å². The van der Waals surface area contributed by atoms with Gasteiger partial charge in [-0.25, -0.2) is 0 Å². The van der Waals surface area contributed by atoms with E-state index in [9.17, 15) is 9.90 Å². The molecule has 4 nitrogen and oxygen atoms in total. The standard InChI is InChI=1S/C26H32N2O2/c1-17-8-5-6-9-21(17)14-26(16-29)12-7-13-28(15-26)25(30)24-20(4)22-18(2)10-11-19(3)23(22)27-24/h5-6,8-11,27,29H,7,12-16H2,1-4H3. The van der Waals surface area contributed by atoms with Gasteiger partial charge in [0, 0.05) is 29.4 Å². The fraction of sp³-hybridized carbons (Fsp3) is 0.423. The summed E-state index contributed by atoms with van der Waals surface area (Å²) in [6, 6.07) is 12.6. The molecule has 0 saturated carbocycles. The summed E-state index contributed by atoms with van der Waals surface area (Å²) in [6.45, 7) is 9.74. The van der Waals surface area contributed by atoms with Gasteiger partial charge < -0.3 is 15.0 Å². The van der Waals surface area contributed by atoms with E-state index in [4.69, 9.17) is 0 Å². The van der Waals surface area contributed by atoms with Crippen LogP contribution in [0.1, 0.15) is 51.1 Å². The molecule has 2 aromatic carbocycles. The van der Waals surface area contributed by atoms with Crippen molar-refractivity contribution in [2.75, 3.05) is 19.7 Å². The SMILES string of the molecule is Cc1ccccc1CC1(CO)CCCN(C(=O)c2[nH]c3c(C)ccc(C)c3c2C)C1. The van der Waals surface area contributed by atoms with Crippen LogP contribution in [0.2, 0.25) is 0 Å². The highest BCUT2D eigenvalue weighted by molar-refractivity contribution is 6.02. The number of aryl methyl sites for hydroxylation is 4. The number of nitrogens with one attached hydrogen (secondary N) is 1. The number of likely N-dealkylation sites (tertiary alicyclic amines) is 1. The van der Waals surface area contributed by atoms with Crippen molar-refractivity contribution in [3.63, 3.8) is 0 Å². The molecule has 1 aliphatic heterocycles. The molecule has 1 amide bonds. The highest BCUT2D eigenvalue weighted by Gasteiger charge is 2.38. The highest BCUT2D eigenvalue weighted by Crippen LogP contribution is 2.36. The summed E-state index contributed by atoms with van der Waals surface area (Å²) >= 11 is 0. The number of H-pyrrole nitrogens is 1. The summed E-state index contributed by atoms with van der Waals surface area (Å²) in [5.41, 5.74) is 7.32. The molecule has 0 bridgehead atoms. The number of aliphatic hydroxyl groups excluding tert-OH is 1. The van der Waals surface area contributed by atoms with Gasteiger partial charge in [0.2, 0.25) is 0 Å². The molecule has 1 atom stereocenters. The molecule has 4 rings (SSSR count). The van der Waals surface area contributed by atoms with Crippen LogP contribution in [-0.2, 0) is 6.42 Å². The topological polar surface area (TPSA) is 56.3 Å². The van der Waals surface area contributed by atoms with Crippen LogP contribution >= 0.6 is 0 Å². The number of carbonyl (C=O) groups excluding carboxylic acids is 1. The molecular weight excluding hydrogens is 372 g/mol. The lowest BCUT2D eigenvalue weighted by atomic mass is 9.75. The zero-order chi connectivity index (χ0) is 21.5. The number of benzene rings is 2. The number of nitrogens with zero attached hydrogens (tertiary/aromatic N) is 1. The number of aromatic nitrogens is 1. The zero-order valence-corrected chi connectivity index (χ0v) is 18.5. The van der Waals surface area contributed by atoms with Crippen LogP contribution in [0, 0.1) is 33.1 Å². The third-order valence-electron chi connectivity index (χ3n) is 6.95. The number of hydrogen-bond donors (Lipinski definition) is 2. The Morgan fingerprint density at radius 3 is 2.50 bits per heavy atom. The first kappa shape index (κ1) is 20.7. The summed E-state index contributed by atoms with van der Waals surface area (Å²) in [5.74, 6) is 0.0461. The van der Waals surface area contributed by atoms with E-state index in [0.717, 1.165) is 47.8 Å². The van der Waals surface area contributed by atoms with E-state index in [-0.39, 0.29) is 17.9 Å². The molecular formula is C26H32N2O2. The maximum atomic E-state index is 13.5. The van der Waals surface area contributed by atoms with Gasteiger partial charge in [-0.15, -0.1) is 0 Å². The molecule has 0 radical (unpaired) electrons. The Labute approximate surface area is 178 Å². The largest absolute Gasteiger partial charge is 0.396 e. The molecule has 1 saturated heterocycles. The molecule has 0 aliphatic carbocycles. The van der Waals surface area contributed by atoms with Crippen molar-refractivity contribution >= 4 is 16.8 Å². The molecule has 30 heavy (non-hydrogen) atoms. The van der Waals surface area contributed by atoms with E-state index in [2.05, 4.69) is 56.1 Å². The lowest BCUT2D eigenvalue weighted by Gasteiger charge is -2.42. The van der Waals surface area contributed by atoms with Gasteiger partial charge in [0.1, 0.15) is 5.69 Å². The summed E-state index contributed by atoms with van der Waals surface area (Å²) < 4.78 is 0. The Bertz CT molecular complexity index is 1100. The van der Waals surface area contributed by atoms with E-state index < -0.39 is 0 Å². The van der Waals surface area contributed by atoms with E-state index in [1.807, 2.05) is 17.9 Å². The number of piperidine rings is 1. The first-order valence-electron chi connectivity index (χ1n) is 10.9. The fourth-order valence-electron chi connectivity index (χ4n) is 5.09. The predicted molar refractivity (Wildman–Crippen MR) is 122 cm³/mol. The minimum absolute atomic E-state index is 0.0461. The third-order valence-corrected chi connectivity index (χ3v) is 6.95. The minimum atomic E-state index is -0.286. The summed E-state index contributed by atoms with van der Waals surface area (Å²) in [5, 5.41) is 11.5. The van der Waals surface area contributed by atoms with E-state index >= 15 is 0 Å². The quantitative estimate of drug-likeness (QED) is 0.652. The lowest BCUT2D eigenvalue weighted by molar-refractivity contribution is 0.0267. The predicted octanol–water partition coefficient (Wildman–Crippen LogP) is 4.86. The van der Waals surface area contributed by atoms with Gasteiger partial charge in [-0.05, 0) is 74.8 Å². The number of rotatable bonds is 4. The molecule has 2 N–H and O–H groups in total. The molecule has 4 heteroatoms. The van der Waals surface area contributed by atoms with Crippen LogP contribution in [0.3, 0.4) is 0 Å². The number of aromatic amines is 1. The van der Waals surface area contributed by atoms with Crippen molar-refractivity contribution in [2.24, 2.45) is 5.41 Å². The molecule has 1 fully saturated rings. The number of carbonyl (C=O) groups is 1. The Kier molecular flexibility index (Phi) is 5.46. The average molecular weight is 405 g/mol. The number of fused-ring (bicyclic) bond motifs is 1.